The van der Waals surface area contributed by atoms with Crippen molar-refractivity contribution in [3.63, 3.8) is 0 Å². The Bertz CT molecular complexity index is 103. The molecule has 1 heteroatoms. The van der Waals surface area contributed by atoms with Crippen molar-refractivity contribution in [2.45, 2.75) is 20.8 Å². The fourth-order valence-electron chi connectivity index (χ4n) is 0.510. The third-order valence-corrected chi connectivity index (χ3v) is 0.882. The maximum absolute atomic E-state index is 5.05. The summed E-state index contributed by atoms with van der Waals surface area (Å²) in [5.74, 6) is 2.53. The molecule has 0 heterocycles. The molecule has 0 amide bonds. The van der Waals surface area contributed by atoms with Crippen LogP contribution in [0.2, 0.25) is 0 Å². The molecular formula is C8H15N. The number of nitrogens with one attached hydrogen (secondary N) is 1. The van der Waals surface area contributed by atoms with E-state index in [1.165, 1.54) is 0 Å². The molecule has 0 aliphatic carbocycles. The first-order valence-corrected chi connectivity index (χ1v) is 3.20. The maximum Gasteiger partial charge on any atom is 0.0574 e. The van der Waals surface area contributed by atoms with Crippen LogP contribution in [-0.4, -0.2) is 13.1 Å². The third kappa shape index (κ3) is 7.52. The summed E-state index contributed by atoms with van der Waals surface area (Å²) >= 11 is 0. The van der Waals surface area contributed by atoms with E-state index in [9.17, 15) is 0 Å². The normalized spacial score (nSPS) is 10.9. The van der Waals surface area contributed by atoms with Gasteiger partial charge in [0.25, 0.3) is 0 Å². The predicted octanol–water partition coefficient (Wildman–Crippen LogP) is 1.26. The molecular weight excluding hydrogens is 110 g/mol. The number of rotatable bonds is 2. The summed E-state index contributed by atoms with van der Waals surface area (Å²) in [4.78, 5) is 0. The summed E-state index contributed by atoms with van der Waals surface area (Å²) < 4.78 is 0. The summed E-state index contributed by atoms with van der Waals surface area (Å²) in [7, 11) is 0. The zero-order valence-electron chi connectivity index (χ0n) is 6.49. The molecule has 9 heavy (non-hydrogen) atoms. The van der Waals surface area contributed by atoms with Gasteiger partial charge in [-0.1, -0.05) is 26.7 Å². The molecule has 0 aromatic heterocycles. The van der Waals surface area contributed by atoms with Crippen LogP contribution in [0.1, 0.15) is 20.8 Å². The van der Waals surface area contributed by atoms with Crippen molar-refractivity contribution < 1.29 is 0 Å². The molecule has 0 aromatic rings. The van der Waals surface area contributed by atoms with Crippen molar-refractivity contribution >= 4 is 0 Å². The predicted molar refractivity (Wildman–Crippen MR) is 41.2 cm³/mol. The summed E-state index contributed by atoms with van der Waals surface area (Å²) in [6, 6.07) is 0. The van der Waals surface area contributed by atoms with E-state index in [0.717, 1.165) is 6.54 Å². The van der Waals surface area contributed by atoms with Crippen LogP contribution in [0.4, 0.5) is 0 Å². The number of hydrogen-bond donors (Lipinski definition) is 1. The van der Waals surface area contributed by atoms with Gasteiger partial charge in [0.2, 0.25) is 0 Å². The van der Waals surface area contributed by atoms with E-state index < -0.39 is 0 Å². The topological polar surface area (TPSA) is 12.0 Å². The Labute approximate surface area is 57.8 Å². The highest BCUT2D eigenvalue weighted by Gasteiger charge is 2.07. The van der Waals surface area contributed by atoms with Crippen molar-refractivity contribution in [2.75, 3.05) is 13.1 Å². The largest absolute Gasteiger partial charge is 0.306 e. The van der Waals surface area contributed by atoms with Gasteiger partial charge in [-0.15, -0.1) is 6.42 Å². The van der Waals surface area contributed by atoms with E-state index in [0.29, 0.717) is 12.0 Å². The van der Waals surface area contributed by atoms with Gasteiger partial charge in [-0.25, -0.2) is 0 Å². The summed E-state index contributed by atoms with van der Waals surface area (Å²) in [6.45, 7) is 8.19. The third-order valence-electron chi connectivity index (χ3n) is 0.882. The molecule has 0 aliphatic rings. The highest BCUT2D eigenvalue weighted by Crippen LogP contribution is 2.09. The molecule has 0 fully saturated rings. The Hall–Kier alpha value is -0.480. The zero-order valence-corrected chi connectivity index (χ0v) is 6.49. The minimum absolute atomic E-state index is 0.344. The summed E-state index contributed by atoms with van der Waals surface area (Å²) in [6.07, 6.45) is 5.05. The molecule has 0 saturated carbocycles. The van der Waals surface area contributed by atoms with E-state index in [-0.39, 0.29) is 0 Å². The minimum Gasteiger partial charge on any atom is -0.306 e. The lowest BCUT2D eigenvalue weighted by molar-refractivity contribution is 0.390. The van der Waals surface area contributed by atoms with E-state index >= 15 is 0 Å². The Morgan fingerprint density at radius 2 is 2.00 bits per heavy atom. The van der Waals surface area contributed by atoms with Gasteiger partial charge < -0.3 is 5.32 Å². The fraction of sp³-hybridized carbons (Fsp3) is 0.750. The molecule has 1 nitrogen and oxygen atoms in total. The Balaban J connectivity index is 3.20. The number of hydrogen-bond acceptors (Lipinski definition) is 1. The van der Waals surface area contributed by atoms with Crippen LogP contribution < -0.4 is 5.32 Å². The average molecular weight is 125 g/mol. The van der Waals surface area contributed by atoms with E-state index in [4.69, 9.17) is 6.42 Å². The lowest BCUT2D eigenvalue weighted by Crippen LogP contribution is -2.26. The van der Waals surface area contributed by atoms with Crippen LogP contribution in [0.5, 0.6) is 0 Å². The Morgan fingerprint density at radius 1 is 1.44 bits per heavy atom. The lowest BCUT2D eigenvalue weighted by atomic mass is 9.97. The summed E-state index contributed by atoms with van der Waals surface area (Å²) in [5, 5.41) is 3.14. The zero-order chi connectivity index (χ0) is 7.33. The molecule has 0 spiro atoms. The van der Waals surface area contributed by atoms with Crippen molar-refractivity contribution in [2.24, 2.45) is 5.41 Å². The smallest absolute Gasteiger partial charge is 0.0574 e. The minimum atomic E-state index is 0.344. The molecule has 0 radical (unpaired) electrons. The first-order chi connectivity index (χ1) is 4.06. The highest BCUT2D eigenvalue weighted by molar-refractivity contribution is 4.87. The molecule has 0 aliphatic heterocycles. The molecule has 0 saturated heterocycles. The van der Waals surface area contributed by atoms with Gasteiger partial charge in [0.1, 0.15) is 0 Å². The van der Waals surface area contributed by atoms with Crippen LogP contribution in [0.3, 0.4) is 0 Å². The second-order valence-electron chi connectivity index (χ2n) is 3.37. The van der Waals surface area contributed by atoms with E-state index in [1.807, 2.05) is 0 Å². The standard InChI is InChI=1S/C8H15N/c1-5-6-9-7-8(2,3)4/h1,9H,6-7H2,2-4H3. The highest BCUT2D eigenvalue weighted by atomic mass is 14.9. The van der Waals surface area contributed by atoms with Gasteiger partial charge in [0.15, 0.2) is 0 Å². The molecule has 0 rings (SSSR count). The Morgan fingerprint density at radius 3 is 2.33 bits per heavy atom. The molecule has 52 valence electrons. The van der Waals surface area contributed by atoms with Crippen LogP contribution in [0, 0.1) is 17.8 Å². The van der Waals surface area contributed by atoms with Crippen molar-refractivity contribution in [1.29, 1.82) is 0 Å². The average Bonchev–Trinajstić information content (AvgIpc) is 1.63. The van der Waals surface area contributed by atoms with Crippen molar-refractivity contribution in [3.8, 4) is 12.3 Å². The fourth-order valence-corrected chi connectivity index (χ4v) is 0.510. The van der Waals surface area contributed by atoms with Crippen LogP contribution >= 0.6 is 0 Å². The summed E-state index contributed by atoms with van der Waals surface area (Å²) in [5.41, 5.74) is 0.344. The molecule has 0 bridgehead atoms. The second kappa shape index (κ2) is 3.53. The van der Waals surface area contributed by atoms with Crippen LogP contribution in [0.25, 0.3) is 0 Å². The van der Waals surface area contributed by atoms with Gasteiger partial charge in [-0.3, -0.25) is 0 Å². The molecule has 1 N–H and O–H groups in total. The second-order valence-corrected chi connectivity index (χ2v) is 3.37. The van der Waals surface area contributed by atoms with Crippen LogP contribution in [-0.2, 0) is 0 Å². The molecule has 0 unspecified atom stereocenters. The van der Waals surface area contributed by atoms with Crippen LogP contribution in [0.15, 0.2) is 0 Å². The van der Waals surface area contributed by atoms with Gasteiger partial charge in [-0.2, -0.15) is 0 Å². The molecule has 0 aromatic carbocycles. The quantitative estimate of drug-likeness (QED) is 0.432. The first kappa shape index (κ1) is 8.52. The monoisotopic (exact) mass is 125 g/mol. The van der Waals surface area contributed by atoms with Gasteiger partial charge in [0, 0.05) is 6.54 Å². The maximum atomic E-state index is 5.05. The Kier molecular flexibility index (Phi) is 3.34. The van der Waals surface area contributed by atoms with Gasteiger partial charge in [-0.05, 0) is 5.41 Å². The van der Waals surface area contributed by atoms with Gasteiger partial charge in [0.05, 0.1) is 6.54 Å². The van der Waals surface area contributed by atoms with E-state index in [1.54, 1.807) is 0 Å². The first-order valence-electron chi connectivity index (χ1n) is 3.20. The lowest BCUT2D eigenvalue weighted by Gasteiger charge is -2.17. The van der Waals surface area contributed by atoms with Gasteiger partial charge >= 0.3 is 0 Å². The number of terminal acetylenes is 1. The van der Waals surface area contributed by atoms with E-state index in [2.05, 4.69) is 32.0 Å². The van der Waals surface area contributed by atoms with Crippen molar-refractivity contribution in [1.82, 2.24) is 5.32 Å². The van der Waals surface area contributed by atoms with Crippen molar-refractivity contribution in [3.05, 3.63) is 0 Å². The molecule has 0 atom stereocenters. The SMILES string of the molecule is C#CCNCC(C)(C)C.